The van der Waals surface area contributed by atoms with Gasteiger partial charge in [-0.05, 0) is 36.4 Å². The summed E-state index contributed by atoms with van der Waals surface area (Å²) < 4.78 is 27.3. The van der Waals surface area contributed by atoms with Gasteiger partial charge >= 0.3 is 0 Å². The largest absolute Gasteiger partial charge is 0.382 e. The fraction of sp³-hybridized carbons (Fsp3) is 0.0526. The van der Waals surface area contributed by atoms with E-state index in [0.29, 0.717) is 11.6 Å². The summed E-state index contributed by atoms with van der Waals surface area (Å²) in [7, 11) is 0. The van der Waals surface area contributed by atoms with Crippen molar-refractivity contribution >= 4 is 56.7 Å². The second-order valence-electron chi connectivity index (χ2n) is 6.05. The molecule has 0 aliphatic carbocycles. The number of aromatic nitrogens is 2. The minimum Gasteiger partial charge on any atom is -0.382 e. The van der Waals surface area contributed by atoms with E-state index in [-0.39, 0.29) is 28.1 Å². The highest BCUT2D eigenvalue weighted by molar-refractivity contribution is 9.10. The van der Waals surface area contributed by atoms with E-state index in [1.807, 2.05) is 0 Å². The molecule has 160 valence electrons. The Hall–Kier alpha value is -3.25. The molecule has 0 bridgehead atoms. The number of H-pyrrole nitrogens is 1. The summed E-state index contributed by atoms with van der Waals surface area (Å²) in [4.78, 5) is 42.9. The average Bonchev–Trinajstić information content (AvgIpc) is 2.71. The first-order chi connectivity index (χ1) is 14.7. The Morgan fingerprint density at radius 3 is 2.48 bits per heavy atom. The third-order valence-corrected chi connectivity index (χ3v) is 5.22. The van der Waals surface area contributed by atoms with E-state index >= 15 is 0 Å². The van der Waals surface area contributed by atoms with Crippen LogP contribution in [-0.2, 0) is 4.79 Å². The van der Waals surface area contributed by atoms with Gasteiger partial charge in [0.1, 0.15) is 17.3 Å². The minimum atomic E-state index is -0.917. The van der Waals surface area contributed by atoms with E-state index in [4.69, 9.17) is 5.73 Å². The summed E-state index contributed by atoms with van der Waals surface area (Å²) in [5.74, 6) is -3.31. The number of nitrogens with zero attached hydrogens (tertiary/aromatic N) is 1. The van der Waals surface area contributed by atoms with Crippen molar-refractivity contribution in [3.05, 3.63) is 74.5 Å². The molecule has 0 saturated heterocycles. The molecule has 0 radical (unpaired) electrons. The molecular formula is C19H14BrF2N5O3S. The van der Waals surface area contributed by atoms with Crippen molar-refractivity contribution in [2.75, 3.05) is 22.1 Å². The van der Waals surface area contributed by atoms with Gasteiger partial charge in [-0.2, -0.15) is 0 Å². The number of nitrogen functional groups attached to an aromatic ring is 1. The Bertz CT molecular complexity index is 1200. The summed E-state index contributed by atoms with van der Waals surface area (Å²) >= 11 is 4.10. The highest BCUT2D eigenvalue weighted by Crippen LogP contribution is 2.19. The molecular weight excluding hydrogens is 496 g/mol. The van der Waals surface area contributed by atoms with Crippen LogP contribution in [0.15, 0.2) is 56.9 Å². The maximum absolute atomic E-state index is 13.6. The van der Waals surface area contributed by atoms with Crippen LogP contribution in [0.5, 0.6) is 0 Å². The summed E-state index contributed by atoms with van der Waals surface area (Å²) in [6, 6.07) is 9.20. The van der Waals surface area contributed by atoms with Crippen molar-refractivity contribution in [2.24, 2.45) is 0 Å². The Morgan fingerprint density at radius 2 is 1.84 bits per heavy atom. The van der Waals surface area contributed by atoms with E-state index in [1.165, 1.54) is 0 Å². The van der Waals surface area contributed by atoms with Crippen LogP contribution in [0.2, 0.25) is 0 Å². The number of amides is 2. The minimum absolute atomic E-state index is 0.0267. The SMILES string of the molecule is Nc1nc(SCC(=O)Nc2ccc(F)cc2F)[nH]c(=O)c1NC(=O)c1ccc(Br)cc1. The van der Waals surface area contributed by atoms with Crippen LogP contribution in [0.3, 0.4) is 0 Å². The average molecular weight is 510 g/mol. The topological polar surface area (TPSA) is 130 Å². The second kappa shape index (κ2) is 9.71. The maximum atomic E-state index is 13.6. The first kappa shape index (κ1) is 22.4. The lowest BCUT2D eigenvalue weighted by Crippen LogP contribution is -2.23. The number of nitrogens with one attached hydrogen (secondary N) is 3. The van der Waals surface area contributed by atoms with Gasteiger partial charge in [-0.3, -0.25) is 19.4 Å². The predicted molar refractivity (Wildman–Crippen MR) is 117 cm³/mol. The molecule has 1 aromatic heterocycles. The molecule has 31 heavy (non-hydrogen) atoms. The van der Waals surface area contributed by atoms with Gasteiger partial charge in [-0.25, -0.2) is 13.8 Å². The highest BCUT2D eigenvalue weighted by Gasteiger charge is 2.15. The fourth-order valence-corrected chi connectivity index (χ4v) is 3.29. The predicted octanol–water partition coefficient (Wildman–Crippen LogP) is 3.38. The number of nitrogens with two attached hydrogens (primary N) is 1. The number of carbonyl (C=O) groups excluding carboxylic acids is 2. The van der Waals surface area contributed by atoms with Crippen LogP contribution >= 0.6 is 27.7 Å². The molecule has 0 aliphatic heterocycles. The van der Waals surface area contributed by atoms with Crippen molar-refractivity contribution in [3.8, 4) is 0 Å². The molecule has 3 rings (SSSR count). The number of anilines is 3. The summed E-state index contributed by atoms with van der Waals surface area (Å²) in [6.45, 7) is 0. The van der Waals surface area contributed by atoms with Crippen LogP contribution in [0, 0.1) is 11.6 Å². The van der Waals surface area contributed by atoms with Crippen LogP contribution in [0.1, 0.15) is 10.4 Å². The van der Waals surface area contributed by atoms with Gasteiger partial charge in [-0.15, -0.1) is 0 Å². The third kappa shape index (κ3) is 5.89. The highest BCUT2D eigenvalue weighted by atomic mass is 79.9. The third-order valence-electron chi connectivity index (χ3n) is 3.82. The lowest BCUT2D eigenvalue weighted by Gasteiger charge is -2.09. The van der Waals surface area contributed by atoms with E-state index in [1.54, 1.807) is 24.3 Å². The first-order valence-electron chi connectivity index (χ1n) is 8.57. The van der Waals surface area contributed by atoms with Crippen LogP contribution in [0.4, 0.5) is 26.0 Å². The Labute approximate surface area is 186 Å². The zero-order valence-electron chi connectivity index (χ0n) is 15.5. The first-order valence-corrected chi connectivity index (χ1v) is 10.3. The number of carbonyl (C=O) groups is 2. The number of aromatic amines is 1. The quantitative estimate of drug-likeness (QED) is 0.297. The lowest BCUT2D eigenvalue weighted by molar-refractivity contribution is -0.113. The van der Waals surface area contributed by atoms with E-state index < -0.39 is 29.0 Å². The molecule has 0 atom stereocenters. The molecule has 12 heteroatoms. The van der Waals surface area contributed by atoms with Crippen molar-refractivity contribution in [2.45, 2.75) is 5.16 Å². The zero-order valence-corrected chi connectivity index (χ0v) is 17.9. The van der Waals surface area contributed by atoms with Gasteiger partial charge in [0.25, 0.3) is 11.5 Å². The smallest absolute Gasteiger partial charge is 0.277 e. The lowest BCUT2D eigenvalue weighted by atomic mass is 10.2. The number of thioether (sulfide) groups is 1. The molecule has 0 fully saturated rings. The molecule has 2 aromatic carbocycles. The normalized spacial score (nSPS) is 10.5. The summed E-state index contributed by atoms with van der Waals surface area (Å²) in [6.07, 6.45) is 0. The van der Waals surface area contributed by atoms with Crippen molar-refractivity contribution in [1.82, 2.24) is 9.97 Å². The van der Waals surface area contributed by atoms with Gasteiger partial charge in [0.05, 0.1) is 11.4 Å². The van der Waals surface area contributed by atoms with Gasteiger partial charge in [0.15, 0.2) is 11.0 Å². The molecule has 5 N–H and O–H groups in total. The van der Waals surface area contributed by atoms with Gasteiger partial charge in [-0.1, -0.05) is 27.7 Å². The number of benzene rings is 2. The van der Waals surface area contributed by atoms with Crippen molar-refractivity contribution in [3.63, 3.8) is 0 Å². The van der Waals surface area contributed by atoms with E-state index in [2.05, 4.69) is 36.5 Å². The van der Waals surface area contributed by atoms with Crippen LogP contribution in [-0.4, -0.2) is 27.5 Å². The Morgan fingerprint density at radius 1 is 1.13 bits per heavy atom. The number of rotatable bonds is 6. The molecule has 0 spiro atoms. The maximum Gasteiger partial charge on any atom is 0.277 e. The monoisotopic (exact) mass is 509 g/mol. The standard InChI is InChI=1S/C19H14BrF2N5O3S/c20-10-3-1-9(2-4-10)17(29)25-15-16(23)26-19(27-18(15)30)31-8-14(28)24-13-6-5-11(21)7-12(13)22/h1-7H,8H2,(H,24,28)(H,25,29)(H3,23,26,27,30). The molecule has 3 aromatic rings. The number of hydrogen-bond donors (Lipinski definition) is 4. The Balaban J connectivity index is 1.64. The number of hydrogen-bond acceptors (Lipinski definition) is 6. The van der Waals surface area contributed by atoms with Crippen LogP contribution in [0.25, 0.3) is 0 Å². The molecule has 0 aliphatic rings. The van der Waals surface area contributed by atoms with E-state index in [9.17, 15) is 23.2 Å². The summed E-state index contributed by atoms with van der Waals surface area (Å²) in [5, 5.41) is 4.71. The van der Waals surface area contributed by atoms with Gasteiger partial charge in [0.2, 0.25) is 5.91 Å². The molecule has 0 saturated carbocycles. The van der Waals surface area contributed by atoms with Crippen molar-refractivity contribution < 1.29 is 18.4 Å². The van der Waals surface area contributed by atoms with E-state index in [0.717, 1.165) is 28.4 Å². The molecule has 2 amide bonds. The van der Waals surface area contributed by atoms with Crippen molar-refractivity contribution in [1.29, 1.82) is 0 Å². The van der Waals surface area contributed by atoms with Crippen LogP contribution < -0.4 is 21.9 Å². The molecule has 1 heterocycles. The Kier molecular flexibility index (Phi) is 7.02. The molecule has 0 unspecified atom stereocenters. The fourth-order valence-electron chi connectivity index (χ4n) is 2.36. The van der Waals surface area contributed by atoms with Gasteiger partial charge < -0.3 is 16.4 Å². The zero-order chi connectivity index (χ0) is 22.5. The summed E-state index contributed by atoms with van der Waals surface area (Å²) in [5.41, 5.74) is 4.98. The number of halogens is 3. The van der Waals surface area contributed by atoms with Gasteiger partial charge in [0, 0.05) is 16.1 Å². The second-order valence-corrected chi connectivity index (χ2v) is 7.93. The molecule has 8 nitrogen and oxygen atoms in total.